The van der Waals surface area contributed by atoms with Crippen LogP contribution in [0.15, 0.2) is 78.9 Å². The van der Waals surface area contributed by atoms with Crippen molar-refractivity contribution >= 4 is 23.2 Å². The smallest absolute Gasteiger partial charge is 0.241 e. The van der Waals surface area contributed by atoms with Crippen molar-refractivity contribution in [2.24, 2.45) is 0 Å². The van der Waals surface area contributed by atoms with Gasteiger partial charge in [-0.2, -0.15) is 0 Å². The van der Waals surface area contributed by atoms with Crippen LogP contribution in [-0.4, -0.2) is 11.8 Å². The molecule has 0 saturated carbocycles. The van der Waals surface area contributed by atoms with E-state index in [2.05, 4.69) is 10.6 Å². The van der Waals surface area contributed by atoms with E-state index in [0.29, 0.717) is 16.9 Å². The van der Waals surface area contributed by atoms with E-state index in [0.717, 1.165) is 11.1 Å². The predicted octanol–water partition coefficient (Wildman–Crippen LogP) is 4.66. The molecule has 0 saturated heterocycles. The number of aryl methyl sites for hydroxylation is 2. The van der Waals surface area contributed by atoms with Gasteiger partial charge in [0.05, 0.1) is 0 Å². The quantitative estimate of drug-likeness (QED) is 0.652. The van der Waals surface area contributed by atoms with Crippen LogP contribution in [-0.2, 0) is 9.59 Å². The third kappa shape index (κ3) is 4.82. The third-order valence-corrected chi connectivity index (χ3v) is 4.30. The number of carbonyl (C=O) groups excluding carboxylic acids is 2. The van der Waals surface area contributed by atoms with Gasteiger partial charge in [-0.1, -0.05) is 65.7 Å². The first-order valence-electron chi connectivity index (χ1n) is 8.83. The second-order valence-corrected chi connectivity index (χ2v) is 6.55. The van der Waals surface area contributed by atoms with Crippen LogP contribution in [0.3, 0.4) is 0 Å². The molecule has 2 N–H and O–H groups in total. The Morgan fingerprint density at radius 3 is 1.44 bits per heavy atom. The Balaban J connectivity index is 1.84. The van der Waals surface area contributed by atoms with Crippen molar-refractivity contribution in [3.8, 4) is 0 Å². The SMILES string of the molecule is Cc1ccc(NC(=O)C(C(=O)Nc2ccc(C)cc2)c2ccccc2)cc1. The van der Waals surface area contributed by atoms with Crippen molar-refractivity contribution in [3.63, 3.8) is 0 Å². The summed E-state index contributed by atoms with van der Waals surface area (Å²) in [6.45, 7) is 3.96. The highest BCUT2D eigenvalue weighted by Crippen LogP contribution is 2.21. The molecule has 0 radical (unpaired) electrons. The maximum absolute atomic E-state index is 12.9. The number of carbonyl (C=O) groups is 2. The zero-order valence-electron chi connectivity index (χ0n) is 15.4. The van der Waals surface area contributed by atoms with Gasteiger partial charge in [0.25, 0.3) is 0 Å². The van der Waals surface area contributed by atoms with Gasteiger partial charge < -0.3 is 10.6 Å². The van der Waals surface area contributed by atoms with E-state index in [9.17, 15) is 9.59 Å². The number of nitrogens with one attached hydrogen (secondary N) is 2. The van der Waals surface area contributed by atoms with Gasteiger partial charge in [0.2, 0.25) is 11.8 Å². The lowest BCUT2D eigenvalue weighted by Gasteiger charge is -2.17. The van der Waals surface area contributed by atoms with Gasteiger partial charge in [0.15, 0.2) is 0 Å². The summed E-state index contributed by atoms with van der Waals surface area (Å²) >= 11 is 0. The number of hydrogen-bond acceptors (Lipinski definition) is 2. The molecule has 0 atom stereocenters. The van der Waals surface area contributed by atoms with Crippen molar-refractivity contribution in [2.45, 2.75) is 19.8 Å². The van der Waals surface area contributed by atoms with Gasteiger partial charge in [-0.3, -0.25) is 9.59 Å². The van der Waals surface area contributed by atoms with Gasteiger partial charge in [0, 0.05) is 11.4 Å². The predicted molar refractivity (Wildman–Crippen MR) is 109 cm³/mol. The average molecular weight is 358 g/mol. The van der Waals surface area contributed by atoms with Crippen molar-refractivity contribution in [2.75, 3.05) is 10.6 Å². The molecule has 4 heteroatoms. The molecule has 3 aromatic carbocycles. The number of benzene rings is 3. The first-order valence-corrected chi connectivity index (χ1v) is 8.83. The lowest BCUT2D eigenvalue weighted by atomic mass is 9.96. The van der Waals surface area contributed by atoms with Crippen molar-refractivity contribution < 1.29 is 9.59 Å². The minimum atomic E-state index is -0.950. The molecule has 0 unspecified atom stereocenters. The van der Waals surface area contributed by atoms with Crippen molar-refractivity contribution in [3.05, 3.63) is 95.6 Å². The number of rotatable bonds is 5. The fourth-order valence-electron chi connectivity index (χ4n) is 2.77. The maximum atomic E-state index is 12.9. The Hall–Kier alpha value is -3.40. The molecule has 0 heterocycles. The van der Waals surface area contributed by atoms with Gasteiger partial charge in [-0.25, -0.2) is 0 Å². The van der Waals surface area contributed by atoms with E-state index in [1.165, 1.54) is 0 Å². The fraction of sp³-hybridized carbons (Fsp3) is 0.130. The Labute approximate surface area is 159 Å². The molecule has 0 bridgehead atoms. The lowest BCUT2D eigenvalue weighted by molar-refractivity contribution is -0.125. The molecule has 0 fully saturated rings. The topological polar surface area (TPSA) is 58.2 Å². The first kappa shape index (κ1) is 18.4. The van der Waals surface area contributed by atoms with Crippen LogP contribution in [0, 0.1) is 13.8 Å². The van der Waals surface area contributed by atoms with E-state index in [4.69, 9.17) is 0 Å². The summed E-state index contributed by atoms with van der Waals surface area (Å²) in [7, 11) is 0. The molecule has 0 spiro atoms. The van der Waals surface area contributed by atoms with E-state index >= 15 is 0 Å². The molecular weight excluding hydrogens is 336 g/mol. The monoisotopic (exact) mass is 358 g/mol. The summed E-state index contributed by atoms with van der Waals surface area (Å²) in [5, 5.41) is 5.69. The molecule has 0 aliphatic heterocycles. The second-order valence-electron chi connectivity index (χ2n) is 6.55. The van der Waals surface area contributed by atoms with Gasteiger partial charge in [-0.15, -0.1) is 0 Å². The second kappa shape index (κ2) is 8.32. The minimum Gasteiger partial charge on any atom is -0.325 e. The van der Waals surface area contributed by atoms with E-state index in [1.54, 1.807) is 12.1 Å². The van der Waals surface area contributed by atoms with E-state index in [-0.39, 0.29) is 11.8 Å². The number of anilines is 2. The van der Waals surface area contributed by atoms with Crippen LogP contribution in [0.1, 0.15) is 22.6 Å². The molecule has 27 heavy (non-hydrogen) atoms. The van der Waals surface area contributed by atoms with E-state index in [1.807, 2.05) is 80.6 Å². The van der Waals surface area contributed by atoms with Crippen LogP contribution >= 0.6 is 0 Å². The number of amides is 2. The molecule has 136 valence electrons. The van der Waals surface area contributed by atoms with Crippen molar-refractivity contribution in [1.82, 2.24) is 0 Å². The van der Waals surface area contributed by atoms with Crippen LogP contribution in [0.2, 0.25) is 0 Å². The Morgan fingerprint density at radius 1 is 0.630 bits per heavy atom. The summed E-state index contributed by atoms with van der Waals surface area (Å²) in [5.74, 6) is -1.68. The molecule has 0 aromatic heterocycles. The van der Waals surface area contributed by atoms with E-state index < -0.39 is 5.92 Å². The summed E-state index contributed by atoms with van der Waals surface area (Å²) in [5.41, 5.74) is 4.17. The van der Waals surface area contributed by atoms with Crippen LogP contribution in [0.5, 0.6) is 0 Å². The molecule has 0 aliphatic rings. The lowest BCUT2D eigenvalue weighted by Crippen LogP contribution is -2.32. The Morgan fingerprint density at radius 2 is 1.04 bits per heavy atom. The molecule has 4 nitrogen and oxygen atoms in total. The zero-order chi connectivity index (χ0) is 19.2. The highest BCUT2D eigenvalue weighted by molar-refractivity contribution is 6.15. The van der Waals surface area contributed by atoms with Crippen LogP contribution in [0.4, 0.5) is 11.4 Å². The zero-order valence-corrected chi connectivity index (χ0v) is 15.4. The normalized spacial score (nSPS) is 10.5. The largest absolute Gasteiger partial charge is 0.325 e. The maximum Gasteiger partial charge on any atom is 0.241 e. The van der Waals surface area contributed by atoms with Gasteiger partial charge in [0.1, 0.15) is 5.92 Å². The van der Waals surface area contributed by atoms with Crippen LogP contribution < -0.4 is 10.6 Å². The standard InChI is InChI=1S/C23H22N2O2/c1-16-8-12-19(13-9-16)24-22(26)21(18-6-4-3-5-7-18)23(27)25-20-14-10-17(2)11-15-20/h3-15,21H,1-2H3,(H,24,26)(H,25,27). The summed E-state index contributed by atoms with van der Waals surface area (Å²) in [6.07, 6.45) is 0. The molecule has 3 aromatic rings. The van der Waals surface area contributed by atoms with Crippen molar-refractivity contribution in [1.29, 1.82) is 0 Å². The summed E-state index contributed by atoms with van der Waals surface area (Å²) < 4.78 is 0. The summed E-state index contributed by atoms with van der Waals surface area (Å²) in [4.78, 5) is 25.8. The molecule has 2 amide bonds. The first-order chi connectivity index (χ1) is 13.0. The van der Waals surface area contributed by atoms with Gasteiger partial charge in [-0.05, 0) is 43.7 Å². The van der Waals surface area contributed by atoms with Crippen LogP contribution in [0.25, 0.3) is 0 Å². The Bertz CT molecular complexity index is 857. The highest BCUT2D eigenvalue weighted by atomic mass is 16.2. The Kier molecular flexibility index (Phi) is 5.67. The van der Waals surface area contributed by atoms with Gasteiger partial charge >= 0.3 is 0 Å². The third-order valence-electron chi connectivity index (χ3n) is 4.30. The molecule has 0 aliphatic carbocycles. The summed E-state index contributed by atoms with van der Waals surface area (Å²) in [6, 6.07) is 24.0. The minimum absolute atomic E-state index is 0.366. The molecular formula is C23H22N2O2. The average Bonchev–Trinajstić information content (AvgIpc) is 2.66. The highest BCUT2D eigenvalue weighted by Gasteiger charge is 2.28. The fourth-order valence-corrected chi connectivity index (χ4v) is 2.77. The molecule has 3 rings (SSSR count). The number of hydrogen-bond donors (Lipinski definition) is 2.